The van der Waals surface area contributed by atoms with E-state index in [0.29, 0.717) is 12.1 Å². The van der Waals surface area contributed by atoms with Gasteiger partial charge in [-0.05, 0) is 30.5 Å². The molecule has 1 aliphatic carbocycles. The quantitative estimate of drug-likeness (QED) is 0.720. The van der Waals surface area contributed by atoms with Crippen LogP contribution < -0.4 is 15.4 Å². The number of rotatable bonds is 7. The van der Waals surface area contributed by atoms with Gasteiger partial charge in [0.25, 0.3) is 0 Å². The molecule has 7 heteroatoms. The van der Waals surface area contributed by atoms with Crippen LogP contribution in [-0.2, 0) is 6.54 Å². The topological polar surface area (TPSA) is 70.6 Å². The van der Waals surface area contributed by atoms with E-state index in [4.69, 9.17) is 5.11 Å². The number of urea groups is 1. The van der Waals surface area contributed by atoms with Gasteiger partial charge in [0.1, 0.15) is 5.75 Å². The van der Waals surface area contributed by atoms with Crippen molar-refractivity contribution in [1.82, 2.24) is 10.6 Å². The number of ether oxygens (including phenoxy) is 1. The molecule has 0 aliphatic heterocycles. The molecule has 0 spiro atoms. The fraction of sp³-hybridized carbons (Fsp3) is 0.500. The Labute approximate surface area is 121 Å². The first-order chi connectivity index (χ1) is 10.0. The molecular formula is C14H18F2N2O3. The molecule has 116 valence electrons. The van der Waals surface area contributed by atoms with Gasteiger partial charge in [-0.2, -0.15) is 8.78 Å². The first-order valence-corrected chi connectivity index (χ1v) is 6.69. The maximum Gasteiger partial charge on any atom is 0.387 e. The zero-order valence-electron chi connectivity index (χ0n) is 11.4. The minimum atomic E-state index is -2.87. The van der Waals surface area contributed by atoms with Crippen molar-refractivity contribution in [2.24, 2.45) is 5.41 Å². The average Bonchev–Trinajstić information content (AvgIpc) is 3.23. The summed E-state index contributed by atoms with van der Waals surface area (Å²) in [4.78, 5) is 11.6. The number of benzene rings is 1. The van der Waals surface area contributed by atoms with E-state index < -0.39 is 6.61 Å². The molecule has 2 amide bonds. The van der Waals surface area contributed by atoms with Gasteiger partial charge in [0.2, 0.25) is 0 Å². The first-order valence-electron chi connectivity index (χ1n) is 6.69. The second-order valence-electron chi connectivity index (χ2n) is 5.22. The molecule has 0 bridgehead atoms. The molecule has 1 aromatic carbocycles. The predicted molar refractivity (Wildman–Crippen MR) is 72.1 cm³/mol. The summed E-state index contributed by atoms with van der Waals surface area (Å²) >= 11 is 0. The van der Waals surface area contributed by atoms with Gasteiger partial charge in [0.15, 0.2) is 0 Å². The molecule has 1 saturated carbocycles. The molecule has 0 saturated heterocycles. The summed E-state index contributed by atoms with van der Waals surface area (Å²) in [7, 11) is 0. The maximum atomic E-state index is 12.1. The van der Waals surface area contributed by atoms with Crippen molar-refractivity contribution in [2.45, 2.75) is 26.0 Å². The highest BCUT2D eigenvalue weighted by Crippen LogP contribution is 2.44. The van der Waals surface area contributed by atoms with Crippen LogP contribution in [0.1, 0.15) is 18.4 Å². The van der Waals surface area contributed by atoms with Crippen LogP contribution in [0.4, 0.5) is 13.6 Å². The largest absolute Gasteiger partial charge is 0.435 e. The van der Waals surface area contributed by atoms with Gasteiger partial charge in [-0.3, -0.25) is 0 Å². The smallest absolute Gasteiger partial charge is 0.387 e. The maximum absolute atomic E-state index is 12.1. The van der Waals surface area contributed by atoms with E-state index >= 15 is 0 Å². The van der Waals surface area contributed by atoms with Crippen molar-refractivity contribution in [3.8, 4) is 5.75 Å². The Morgan fingerprint density at radius 3 is 2.76 bits per heavy atom. The molecular weight excluding hydrogens is 282 g/mol. The third-order valence-electron chi connectivity index (χ3n) is 3.49. The normalized spacial score (nSPS) is 15.6. The van der Waals surface area contributed by atoms with E-state index in [1.54, 1.807) is 12.1 Å². The monoisotopic (exact) mass is 300 g/mol. The van der Waals surface area contributed by atoms with E-state index in [1.807, 2.05) is 0 Å². The number of hydrogen-bond donors (Lipinski definition) is 3. The van der Waals surface area contributed by atoms with Crippen molar-refractivity contribution in [3.63, 3.8) is 0 Å². The third-order valence-corrected chi connectivity index (χ3v) is 3.49. The van der Waals surface area contributed by atoms with Gasteiger partial charge < -0.3 is 20.5 Å². The molecule has 0 unspecified atom stereocenters. The van der Waals surface area contributed by atoms with E-state index in [2.05, 4.69) is 15.4 Å². The fourth-order valence-electron chi connectivity index (χ4n) is 1.91. The second-order valence-corrected chi connectivity index (χ2v) is 5.22. The Hall–Kier alpha value is -1.89. The van der Waals surface area contributed by atoms with Gasteiger partial charge in [-0.1, -0.05) is 12.1 Å². The molecule has 1 aliphatic rings. The lowest BCUT2D eigenvalue weighted by Crippen LogP contribution is -2.39. The lowest BCUT2D eigenvalue weighted by molar-refractivity contribution is -0.0498. The number of carbonyl (C=O) groups excluding carboxylic acids is 1. The Morgan fingerprint density at radius 2 is 2.14 bits per heavy atom. The van der Waals surface area contributed by atoms with Crippen molar-refractivity contribution < 1.29 is 23.4 Å². The summed E-state index contributed by atoms with van der Waals surface area (Å²) in [5.74, 6) is 0.0573. The average molecular weight is 300 g/mol. The number of hydrogen-bond acceptors (Lipinski definition) is 3. The number of nitrogens with one attached hydrogen (secondary N) is 2. The second kappa shape index (κ2) is 6.71. The van der Waals surface area contributed by atoms with Crippen LogP contribution in [0.2, 0.25) is 0 Å². The zero-order valence-corrected chi connectivity index (χ0v) is 11.4. The van der Waals surface area contributed by atoms with Crippen LogP contribution in [0, 0.1) is 5.41 Å². The lowest BCUT2D eigenvalue weighted by atomic mass is 10.1. The molecule has 0 aromatic heterocycles. The minimum Gasteiger partial charge on any atom is -0.435 e. The molecule has 0 heterocycles. The van der Waals surface area contributed by atoms with Crippen molar-refractivity contribution in [1.29, 1.82) is 0 Å². The molecule has 1 aromatic rings. The third kappa shape index (κ3) is 4.86. The Kier molecular flexibility index (Phi) is 4.95. The summed E-state index contributed by atoms with van der Waals surface area (Å²) < 4.78 is 28.5. The van der Waals surface area contributed by atoms with Crippen molar-refractivity contribution in [2.75, 3.05) is 13.2 Å². The van der Waals surface area contributed by atoms with E-state index in [9.17, 15) is 13.6 Å². The fourth-order valence-corrected chi connectivity index (χ4v) is 1.91. The number of aliphatic hydroxyl groups is 1. The Morgan fingerprint density at radius 1 is 1.38 bits per heavy atom. The van der Waals surface area contributed by atoms with E-state index in [0.717, 1.165) is 12.8 Å². The Bertz CT molecular complexity index is 493. The molecule has 0 atom stereocenters. The van der Waals surface area contributed by atoms with Crippen molar-refractivity contribution >= 4 is 6.03 Å². The Balaban J connectivity index is 1.75. The van der Waals surface area contributed by atoms with E-state index in [-0.39, 0.29) is 30.3 Å². The number of aliphatic hydroxyl groups excluding tert-OH is 1. The number of halogens is 2. The van der Waals surface area contributed by atoms with Gasteiger partial charge >= 0.3 is 12.6 Å². The molecule has 3 N–H and O–H groups in total. The molecule has 2 rings (SSSR count). The predicted octanol–water partition coefficient (Wildman–Crippen LogP) is 1.86. The zero-order chi connectivity index (χ0) is 15.3. The number of carbonyl (C=O) groups is 1. The van der Waals surface area contributed by atoms with E-state index in [1.165, 1.54) is 12.1 Å². The standard InChI is InChI=1S/C14H18F2N2O3/c15-12(16)21-11-3-1-2-10(6-11)7-17-13(20)18-8-14(9-19)4-5-14/h1-3,6,12,19H,4-5,7-9H2,(H2,17,18,20). The van der Waals surface area contributed by atoms with Gasteiger partial charge in [-0.15, -0.1) is 0 Å². The SMILES string of the molecule is O=C(NCc1cccc(OC(F)F)c1)NCC1(CO)CC1. The van der Waals surface area contributed by atoms with Crippen LogP contribution in [0.3, 0.4) is 0 Å². The van der Waals surface area contributed by atoms with Gasteiger partial charge in [0, 0.05) is 18.5 Å². The van der Waals surface area contributed by atoms with Gasteiger partial charge in [0.05, 0.1) is 6.61 Å². The molecule has 1 fully saturated rings. The molecule has 5 nitrogen and oxygen atoms in total. The minimum absolute atomic E-state index is 0.0573. The summed E-state index contributed by atoms with van der Waals surface area (Å²) in [5, 5.41) is 14.5. The molecule has 21 heavy (non-hydrogen) atoms. The summed E-state index contributed by atoms with van der Waals surface area (Å²) in [6, 6.07) is 5.80. The summed E-state index contributed by atoms with van der Waals surface area (Å²) in [5.41, 5.74) is 0.508. The van der Waals surface area contributed by atoms with Crippen LogP contribution in [0.5, 0.6) is 5.75 Å². The van der Waals surface area contributed by atoms with Crippen LogP contribution >= 0.6 is 0 Å². The highest BCUT2D eigenvalue weighted by Gasteiger charge is 2.42. The molecule has 0 radical (unpaired) electrons. The van der Waals surface area contributed by atoms with Gasteiger partial charge in [-0.25, -0.2) is 4.79 Å². The number of alkyl halides is 2. The van der Waals surface area contributed by atoms with Crippen molar-refractivity contribution in [3.05, 3.63) is 29.8 Å². The summed E-state index contributed by atoms with van der Waals surface area (Å²) in [6.45, 7) is -2.16. The summed E-state index contributed by atoms with van der Waals surface area (Å²) in [6.07, 6.45) is 1.83. The first kappa shape index (κ1) is 15.5. The van der Waals surface area contributed by atoms with Crippen LogP contribution in [-0.4, -0.2) is 30.9 Å². The number of amides is 2. The lowest BCUT2D eigenvalue weighted by Gasteiger charge is -2.13. The van der Waals surface area contributed by atoms with Crippen LogP contribution in [0.15, 0.2) is 24.3 Å². The highest BCUT2D eigenvalue weighted by atomic mass is 19.3. The highest BCUT2D eigenvalue weighted by molar-refractivity contribution is 5.73. The van der Waals surface area contributed by atoms with Crippen LogP contribution in [0.25, 0.3) is 0 Å².